The summed E-state index contributed by atoms with van der Waals surface area (Å²) in [5.41, 5.74) is 1.32. The maximum atomic E-state index is 15.1. The molecule has 0 spiro atoms. The largest absolute Gasteiger partial charge is 0.478 e. The average Bonchev–Trinajstić information content (AvgIpc) is 3.29. The maximum absolute atomic E-state index is 15.1. The number of nitrogens with one attached hydrogen (secondary N) is 1. The first kappa shape index (κ1) is 29.3. The summed E-state index contributed by atoms with van der Waals surface area (Å²) in [5, 5.41) is 13.8. The molecule has 0 aliphatic heterocycles. The second-order valence-corrected chi connectivity index (χ2v) is 11.2. The van der Waals surface area contributed by atoms with Crippen molar-refractivity contribution in [1.82, 2.24) is 4.98 Å². The molecular weight excluding hydrogens is 550 g/mol. The summed E-state index contributed by atoms with van der Waals surface area (Å²) in [4.78, 5) is 28.2. The second-order valence-electron chi connectivity index (χ2n) is 9.50. The molecule has 0 atom stereocenters. The lowest BCUT2D eigenvalue weighted by Crippen LogP contribution is -2.14. The topological polar surface area (TPSA) is 88.5 Å². The quantitative estimate of drug-likeness (QED) is 0.174. The van der Waals surface area contributed by atoms with Crippen molar-refractivity contribution in [1.29, 1.82) is 0 Å². The van der Waals surface area contributed by atoms with Gasteiger partial charge < -0.3 is 9.84 Å². The first-order chi connectivity index (χ1) is 17.9. The molecule has 38 heavy (non-hydrogen) atoms. The summed E-state index contributed by atoms with van der Waals surface area (Å²) < 4.78 is 20.6. The van der Waals surface area contributed by atoms with E-state index < -0.39 is 17.7 Å². The Bertz CT molecular complexity index is 1440. The van der Waals surface area contributed by atoms with Gasteiger partial charge in [-0.3, -0.25) is 10.1 Å². The van der Waals surface area contributed by atoms with Crippen molar-refractivity contribution in [3.63, 3.8) is 0 Å². The van der Waals surface area contributed by atoms with Crippen LogP contribution in [0.4, 0.5) is 9.52 Å². The Hall–Kier alpha value is -3.22. The number of carbonyl (C=O) groups is 2. The molecule has 0 radical (unpaired) electrons. The minimum absolute atomic E-state index is 0.0188. The van der Waals surface area contributed by atoms with Crippen LogP contribution in [-0.2, 0) is 9.53 Å². The monoisotopic (exact) mass is 574 g/mol. The van der Waals surface area contributed by atoms with Gasteiger partial charge >= 0.3 is 5.97 Å². The van der Waals surface area contributed by atoms with Crippen LogP contribution in [0.2, 0.25) is 10.0 Å². The van der Waals surface area contributed by atoms with Gasteiger partial charge in [-0.1, -0.05) is 61.9 Å². The first-order valence-corrected chi connectivity index (χ1v) is 13.0. The van der Waals surface area contributed by atoms with Crippen molar-refractivity contribution in [2.45, 2.75) is 27.7 Å². The Labute approximate surface area is 234 Å². The summed E-state index contributed by atoms with van der Waals surface area (Å²) in [6, 6.07) is 7.61. The SMILES string of the molecule is CC(=Cc1c(Cl)cc(C(=O)Nc2nc(-c3cccc(C#CCOCC(C)(C)C)c3F)cs2)cc1Cl)C(=O)O. The fourth-order valence-corrected chi connectivity index (χ4v) is 4.42. The van der Waals surface area contributed by atoms with Gasteiger partial charge in [0.15, 0.2) is 5.13 Å². The molecule has 2 aromatic carbocycles. The van der Waals surface area contributed by atoms with Crippen molar-refractivity contribution >= 4 is 57.6 Å². The normalized spacial score (nSPS) is 11.6. The molecule has 3 rings (SSSR count). The number of carbonyl (C=O) groups excluding carboxylic acids is 1. The summed E-state index contributed by atoms with van der Waals surface area (Å²) in [6.45, 7) is 8.30. The Balaban J connectivity index is 1.74. The van der Waals surface area contributed by atoms with Crippen molar-refractivity contribution in [3.05, 3.63) is 73.8 Å². The molecular formula is C28H25Cl2FN2O4S. The molecule has 198 valence electrons. The minimum atomic E-state index is -1.11. The predicted octanol–water partition coefficient (Wildman–Crippen LogP) is 7.41. The van der Waals surface area contributed by atoms with E-state index in [9.17, 15) is 9.59 Å². The van der Waals surface area contributed by atoms with E-state index in [4.69, 9.17) is 33.0 Å². The summed E-state index contributed by atoms with van der Waals surface area (Å²) in [6.07, 6.45) is 1.33. The van der Waals surface area contributed by atoms with Crippen molar-refractivity contribution in [3.8, 4) is 23.1 Å². The van der Waals surface area contributed by atoms with Crippen LogP contribution >= 0.6 is 34.5 Å². The smallest absolute Gasteiger partial charge is 0.331 e. The molecule has 10 heteroatoms. The number of aliphatic carboxylic acids is 1. The van der Waals surface area contributed by atoms with E-state index in [0.717, 1.165) is 11.3 Å². The number of rotatable bonds is 7. The molecule has 0 aliphatic carbocycles. The zero-order chi connectivity index (χ0) is 28.0. The van der Waals surface area contributed by atoms with Crippen LogP contribution in [0.3, 0.4) is 0 Å². The number of aromatic nitrogens is 1. The number of ether oxygens (including phenoxy) is 1. The standard InChI is InChI=1S/C28H25Cl2FN2O4S/c1-16(26(35)36)11-20-21(29)12-18(13-22(20)30)25(34)33-27-32-23(14-38-27)19-9-5-7-17(24(19)31)8-6-10-37-15-28(2,3)4/h5,7,9,11-14H,10,15H2,1-4H3,(H,35,36)(H,32,33,34). The van der Waals surface area contributed by atoms with Crippen molar-refractivity contribution in [2.24, 2.45) is 5.41 Å². The Morgan fingerprint density at radius 3 is 2.55 bits per heavy atom. The number of anilines is 1. The molecule has 0 saturated carbocycles. The molecule has 0 fully saturated rings. The lowest BCUT2D eigenvalue weighted by molar-refractivity contribution is -0.132. The fraction of sp³-hybridized carbons (Fsp3) is 0.250. The summed E-state index contributed by atoms with van der Waals surface area (Å²) in [7, 11) is 0. The third-order valence-corrected chi connectivity index (χ3v) is 6.35. The minimum Gasteiger partial charge on any atom is -0.478 e. The number of benzene rings is 2. The van der Waals surface area contributed by atoms with E-state index in [1.165, 1.54) is 25.1 Å². The van der Waals surface area contributed by atoms with Crippen LogP contribution < -0.4 is 5.32 Å². The number of hydrogen-bond donors (Lipinski definition) is 2. The fourth-order valence-electron chi connectivity index (χ4n) is 3.12. The number of thiazole rings is 1. The molecule has 3 aromatic rings. The number of halogens is 3. The molecule has 0 aliphatic rings. The van der Waals surface area contributed by atoms with E-state index >= 15 is 4.39 Å². The van der Waals surface area contributed by atoms with Crippen LogP contribution in [-0.4, -0.2) is 35.2 Å². The van der Waals surface area contributed by atoms with Crippen LogP contribution in [0.25, 0.3) is 17.3 Å². The lowest BCUT2D eigenvalue weighted by atomic mass is 9.99. The van der Waals surface area contributed by atoms with Gasteiger partial charge in [0.25, 0.3) is 5.91 Å². The van der Waals surface area contributed by atoms with E-state index in [1.807, 2.05) is 0 Å². The predicted molar refractivity (Wildman–Crippen MR) is 150 cm³/mol. The highest BCUT2D eigenvalue weighted by molar-refractivity contribution is 7.14. The zero-order valence-corrected chi connectivity index (χ0v) is 23.4. The highest BCUT2D eigenvalue weighted by Gasteiger charge is 2.17. The lowest BCUT2D eigenvalue weighted by Gasteiger charge is -2.16. The molecule has 2 N–H and O–H groups in total. The third-order valence-electron chi connectivity index (χ3n) is 4.97. The van der Waals surface area contributed by atoms with E-state index in [-0.39, 0.29) is 49.5 Å². The number of carboxylic acids is 1. The van der Waals surface area contributed by atoms with Crippen LogP contribution in [0.1, 0.15) is 49.2 Å². The number of amides is 1. The van der Waals surface area contributed by atoms with Gasteiger partial charge in [-0.15, -0.1) is 11.3 Å². The second kappa shape index (κ2) is 12.5. The molecule has 0 bridgehead atoms. The molecule has 0 saturated heterocycles. The molecule has 1 aromatic heterocycles. The summed E-state index contributed by atoms with van der Waals surface area (Å²) in [5.74, 6) is 3.47. The van der Waals surface area contributed by atoms with E-state index in [0.29, 0.717) is 17.9 Å². The van der Waals surface area contributed by atoms with Gasteiger partial charge in [-0.05, 0) is 42.7 Å². The molecule has 6 nitrogen and oxygen atoms in total. The highest BCUT2D eigenvalue weighted by Crippen LogP contribution is 2.31. The highest BCUT2D eigenvalue weighted by atomic mass is 35.5. The average molecular weight is 575 g/mol. The maximum Gasteiger partial charge on any atom is 0.331 e. The van der Waals surface area contributed by atoms with Gasteiger partial charge in [0.1, 0.15) is 12.4 Å². The molecule has 1 amide bonds. The molecule has 1 heterocycles. The Morgan fingerprint density at radius 2 is 1.92 bits per heavy atom. The Morgan fingerprint density at radius 1 is 1.24 bits per heavy atom. The summed E-state index contributed by atoms with van der Waals surface area (Å²) >= 11 is 13.6. The van der Waals surface area contributed by atoms with Gasteiger partial charge in [0.2, 0.25) is 0 Å². The number of hydrogen-bond acceptors (Lipinski definition) is 5. The third kappa shape index (κ3) is 7.89. The van der Waals surface area contributed by atoms with Crippen LogP contribution in [0.15, 0.2) is 41.3 Å². The molecule has 0 unspecified atom stereocenters. The van der Waals surface area contributed by atoms with Gasteiger partial charge in [0, 0.05) is 27.6 Å². The van der Waals surface area contributed by atoms with Gasteiger partial charge in [0.05, 0.1) is 27.9 Å². The van der Waals surface area contributed by atoms with Crippen LogP contribution in [0.5, 0.6) is 0 Å². The Kier molecular flexibility index (Phi) is 9.69. The van der Waals surface area contributed by atoms with Crippen LogP contribution in [0, 0.1) is 23.1 Å². The van der Waals surface area contributed by atoms with E-state index in [2.05, 4.69) is 42.9 Å². The zero-order valence-electron chi connectivity index (χ0n) is 21.1. The number of carboxylic acid groups (broad SMARTS) is 1. The van der Waals surface area contributed by atoms with Crippen molar-refractivity contribution in [2.75, 3.05) is 18.5 Å². The number of nitrogens with zero attached hydrogens (tertiary/aromatic N) is 1. The van der Waals surface area contributed by atoms with Gasteiger partial charge in [-0.25, -0.2) is 14.2 Å². The van der Waals surface area contributed by atoms with E-state index in [1.54, 1.807) is 23.6 Å². The first-order valence-electron chi connectivity index (χ1n) is 11.4. The van der Waals surface area contributed by atoms with Crippen molar-refractivity contribution < 1.29 is 23.8 Å². The van der Waals surface area contributed by atoms with Gasteiger partial charge in [-0.2, -0.15) is 0 Å².